The maximum absolute atomic E-state index is 11.4. The first-order valence-corrected chi connectivity index (χ1v) is 3.97. The summed E-state index contributed by atoms with van der Waals surface area (Å²) in [6, 6.07) is 0. The van der Waals surface area contributed by atoms with Crippen molar-refractivity contribution in [2.24, 2.45) is 5.92 Å². The third-order valence-electron chi connectivity index (χ3n) is 1.26. The molecule has 0 rings (SSSR count). The Balaban J connectivity index is 0. The first-order valence-electron chi connectivity index (χ1n) is 3.97. The van der Waals surface area contributed by atoms with E-state index in [1.54, 1.807) is 6.92 Å². The lowest BCUT2D eigenvalue weighted by molar-refractivity contribution is -0.167. The van der Waals surface area contributed by atoms with Crippen molar-refractivity contribution in [1.82, 2.24) is 0 Å². The fourth-order valence-electron chi connectivity index (χ4n) is 0.319. The van der Waals surface area contributed by atoms with Crippen LogP contribution in [-0.4, -0.2) is 12.7 Å². The van der Waals surface area contributed by atoms with E-state index in [-0.39, 0.29) is 12.0 Å². The van der Waals surface area contributed by atoms with Crippen molar-refractivity contribution in [3.05, 3.63) is 0 Å². The van der Waals surface area contributed by atoms with Crippen LogP contribution in [0.1, 0.15) is 34.6 Å². The van der Waals surface area contributed by atoms with E-state index in [0.29, 0.717) is 0 Å². The van der Waals surface area contributed by atoms with Gasteiger partial charge in [-0.15, -0.1) is 0 Å². The van der Waals surface area contributed by atoms with Crippen LogP contribution in [0, 0.1) is 5.92 Å². The van der Waals surface area contributed by atoms with Crippen molar-refractivity contribution in [3.8, 4) is 0 Å². The van der Waals surface area contributed by atoms with Crippen LogP contribution in [0.5, 0.6) is 0 Å². The molecule has 1 nitrogen and oxygen atoms in total. The smallest absolute Gasteiger partial charge is 0.320 e. The predicted octanol–water partition coefficient (Wildman–Crippen LogP) is 3.30. The second-order valence-corrected chi connectivity index (χ2v) is 2.35. The molecule has 70 valence electrons. The molecule has 0 saturated carbocycles. The van der Waals surface area contributed by atoms with Crippen LogP contribution >= 0.6 is 0 Å². The van der Waals surface area contributed by atoms with Gasteiger partial charge in [0.2, 0.25) is 0 Å². The largest absolute Gasteiger partial charge is 0.345 e. The van der Waals surface area contributed by atoms with Crippen molar-refractivity contribution in [1.29, 1.82) is 0 Å². The summed E-state index contributed by atoms with van der Waals surface area (Å²) in [6.45, 7) is 6.68. The molecular weight excluding hydrogens is 150 g/mol. The monoisotopic (exact) mass is 168 g/mol. The number of hydrogen-bond donors (Lipinski definition) is 0. The highest BCUT2D eigenvalue weighted by molar-refractivity contribution is 4.52. The molecule has 0 aliphatic rings. The molecule has 0 fully saturated rings. The molecule has 1 unspecified atom stereocenters. The number of halogens is 2. The highest BCUT2D eigenvalue weighted by Crippen LogP contribution is 2.09. The first-order chi connectivity index (χ1) is 5.04. The van der Waals surface area contributed by atoms with Crippen molar-refractivity contribution >= 4 is 0 Å². The van der Waals surface area contributed by atoms with Crippen LogP contribution in [0.3, 0.4) is 0 Å². The first kappa shape index (κ1) is 13.4. The number of rotatable bonds is 3. The van der Waals surface area contributed by atoms with E-state index in [1.807, 2.05) is 27.7 Å². The minimum absolute atomic E-state index is 0.152. The minimum Gasteiger partial charge on any atom is -0.320 e. The highest BCUT2D eigenvalue weighted by atomic mass is 19.3. The molecule has 0 N–H and O–H groups in total. The average Bonchev–Trinajstić information content (AvgIpc) is 1.90. The Morgan fingerprint density at radius 3 is 1.45 bits per heavy atom. The van der Waals surface area contributed by atoms with E-state index in [9.17, 15) is 8.78 Å². The molecule has 0 aromatic rings. The molecule has 0 aromatic heterocycles. The number of ether oxygens (including phenoxy) is 1. The maximum atomic E-state index is 11.4. The Labute approximate surface area is 67.7 Å². The summed E-state index contributed by atoms with van der Waals surface area (Å²) < 4.78 is 27.0. The molecule has 3 heteroatoms. The molecule has 0 aliphatic heterocycles. The zero-order chi connectivity index (χ0) is 9.44. The number of alkyl halides is 2. The summed E-state index contributed by atoms with van der Waals surface area (Å²) in [7, 11) is 0. The SMILES string of the molecule is CC.CC(C)C(C)OC(F)F. The van der Waals surface area contributed by atoms with E-state index in [0.717, 1.165) is 0 Å². The lowest BCUT2D eigenvalue weighted by Crippen LogP contribution is -2.18. The van der Waals surface area contributed by atoms with Crippen LogP contribution < -0.4 is 0 Å². The molecule has 1 atom stereocenters. The van der Waals surface area contributed by atoms with Crippen LogP contribution in [0.25, 0.3) is 0 Å². The van der Waals surface area contributed by atoms with E-state index in [2.05, 4.69) is 4.74 Å². The fraction of sp³-hybridized carbons (Fsp3) is 1.00. The Morgan fingerprint density at radius 1 is 1.00 bits per heavy atom. The Morgan fingerprint density at radius 2 is 1.36 bits per heavy atom. The van der Waals surface area contributed by atoms with Crippen LogP contribution in [-0.2, 0) is 4.74 Å². The molecule has 0 aliphatic carbocycles. The standard InChI is InChI=1S/C6H12F2O.C2H6/c1-4(2)5(3)9-6(7)8;1-2/h4-6H,1-3H3;1-2H3. The van der Waals surface area contributed by atoms with Gasteiger partial charge in [-0.2, -0.15) is 8.78 Å². The fourth-order valence-corrected chi connectivity index (χ4v) is 0.319. The maximum Gasteiger partial charge on any atom is 0.345 e. The Bertz CT molecular complexity index is 74.5. The van der Waals surface area contributed by atoms with E-state index in [4.69, 9.17) is 0 Å². The Hall–Kier alpha value is -0.180. The molecule has 0 bridgehead atoms. The topological polar surface area (TPSA) is 9.23 Å². The van der Waals surface area contributed by atoms with Gasteiger partial charge in [0.25, 0.3) is 0 Å². The molecule has 11 heavy (non-hydrogen) atoms. The van der Waals surface area contributed by atoms with Gasteiger partial charge < -0.3 is 4.74 Å². The molecule has 0 radical (unpaired) electrons. The van der Waals surface area contributed by atoms with Crippen LogP contribution in [0.15, 0.2) is 0 Å². The van der Waals surface area contributed by atoms with E-state index < -0.39 is 6.61 Å². The lowest BCUT2D eigenvalue weighted by Gasteiger charge is -2.14. The van der Waals surface area contributed by atoms with E-state index >= 15 is 0 Å². The van der Waals surface area contributed by atoms with Crippen molar-refractivity contribution < 1.29 is 13.5 Å². The van der Waals surface area contributed by atoms with Crippen molar-refractivity contribution in [2.75, 3.05) is 0 Å². The summed E-state index contributed by atoms with van der Waals surface area (Å²) >= 11 is 0. The summed E-state index contributed by atoms with van der Waals surface area (Å²) in [4.78, 5) is 0. The minimum atomic E-state index is -2.64. The number of hydrogen-bond acceptors (Lipinski definition) is 1. The highest BCUT2D eigenvalue weighted by Gasteiger charge is 2.12. The summed E-state index contributed by atoms with van der Waals surface area (Å²) in [5.74, 6) is 0.152. The average molecular weight is 168 g/mol. The van der Waals surface area contributed by atoms with E-state index in [1.165, 1.54) is 0 Å². The summed E-state index contributed by atoms with van der Waals surface area (Å²) in [6.07, 6.45) is -0.356. The van der Waals surface area contributed by atoms with Gasteiger partial charge >= 0.3 is 6.61 Å². The van der Waals surface area contributed by atoms with Gasteiger partial charge in [0.1, 0.15) is 0 Å². The van der Waals surface area contributed by atoms with Gasteiger partial charge in [0, 0.05) is 0 Å². The molecule has 0 aromatic carbocycles. The van der Waals surface area contributed by atoms with Crippen LogP contribution in [0.2, 0.25) is 0 Å². The third kappa shape index (κ3) is 9.82. The van der Waals surface area contributed by atoms with Gasteiger partial charge in [0.05, 0.1) is 6.10 Å². The van der Waals surface area contributed by atoms with Crippen molar-refractivity contribution in [3.63, 3.8) is 0 Å². The third-order valence-corrected chi connectivity index (χ3v) is 1.26. The van der Waals surface area contributed by atoms with Gasteiger partial charge in [-0.25, -0.2) is 0 Å². The summed E-state index contributed by atoms with van der Waals surface area (Å²) in [5, 5.41) is 0. The molecule has 0 spiro atoms. The normalized spacial score (nSPS) is 12.8. The second-order valence-electron chi connectivity index (χ2n) is 2.35. The van der Waals surface area contributed by atoms with Gasteiger partial charge in [-0.05, 0) is 12.8 Å². The Kier molecular flexibility index (Phi) is 9.66. The van der Waals surface area contributed by atoms with Gasteiger partial charge in [-0.1, -0.05) is 27.7 Å². The zero-order valence-electron chi connectivity index (χ0n) is 7.90. The zero-order valence-corrected chi connectivity index (χ0v) is 7.90. The van der Waals surface area contributed by atoms with Gasteiger partial charge in [0.15, 0.2) is 0 Å². The second kappa shape index (κ2) is 7.92. The molecule has 0 amide bonds. The molecular formula is C8H18F2O. The predicted molar refractivity (Wildman–Crippen MR) is 42.7 cm³/mol. The lowest BCUT2D eigenvalue weighted by atomic mass is 10.1. The quantitative estimate of drug-likeness (QED) is 0.628. The summed E-state index contributed by atoms with van der Waals surface area (Å²) in [5.41, 5.74) is 0. The van der Waals surface area contributed by atoms with Crippen LogP contribution in [0.4, 0.5) is 8.78 Å². The van der Waals surface area contributed by atoms with Gasteiger partial charge in [-0.3, -0.25) is 0 Å². The molecule has 0 saturated heterocycles. The van der Waals surface area contributed by atoms with Crippen molar-refractivity contribution in [2.45, 2.75) is 47.3 Å². The molecule has 0 heterocycles.